The van der Waals surface area contributed by atoms with Gasteiger partial charge in [-0.05, 0) is 32.0 Å². The van der Waals surface area contributed by atoms with Gasteiger partial charge in [0.15, 0.2) is 0 Å². The van der Waals surface area contributed by atoms with Gasteiger partial charge in [-0.3, -0.25) is 4.79 Å². The van der Waals surface area contributed by atoms with E-state index >= 15 is 0 Å². The normalized spacial score (nSPS) is 18.2. The zero-order valence-corrected chi connectivity index (χ0v) is 10.7. The maximum Gasteiger partial charge on any atom is 0.254 e. The molecule has 1 saturated heterocycles. The van der Waals surface area contributed by atoms with Crippen molar-refractivity contribution < 1.29 is 4.79 Å². The van der Waals surface area contributed by atoms with Crippen molar-refractivity contribution in [1.82, 2.24) is 10.2 Å². The van der Waals surface area contributed by atoms with E-state index in [-0.39, 0.29) is 11.4 Å². The zero-order valence-electron chi connectivity index (χ0n) is 10.7. The maximum absolute atomic E-state index is 12.3. The molecular formula is C14H17N3O. The zero-order chi connectivity index (χ0) is 13.2. The fourth-order valence-electron chi connectivity index (χ4n) is 2.22. The molecule has 1 amide bonds. The van der Waals surface area contributed by atoms with Gasteiger partial charge in [0.1, 0.15) is 0 Å². The van der Waals surface area contributed by atoms with Crippen molar-refractivity contribution in [1.29, 1.82) is 5.26 Å². The van der Waals surface area contributed by atoms with Gasteiger partial charge in [0.25, 0.3) is 5.91 Å². The second kappa shape index (κ2) is 4.79. The third-order valence-corrected chi connectivity index (χ3v) is 3.10. The van der Waals surface area contributed by atoms with E-state index in [9.17, 15) is 4.79 Å². The lowest BCUT2D eigenvalue weighted by Gasteiger charge is -2.39. The number of hydrogen-bond donors (Lipinski definition) is 1. The van der Waals surface area contributed by atoms with E-state index in [1.54, 1.807) is 24.3 Å². The van der Waals surface area contributed by atoms with Gasteiger partial charge < -0.3 is 10.2 Å². The first-order valence-electron chi connectivity index (χ1n) is 6.06. The lowest BCUT2D eigenvalue weighted by Crippen LogP contribution is -2.58. The Kier molecular flexibility index (Phi) is 3.35. The van der Waals surface area contributed by atoms with Gasteiger partial charge in [0, 0.05) is 30.7 Å². The highest BCUT2D eigenvalue weighted by Crippen LogP contribution is 2.14. The third kappa shape index (κ3) is 2.69. The van der Waals surface area contributed by atoms with Crippen LogP contribution < -0.4 is 5.32 Å². The third-order valence-electron chi connectivity index (χ3n) is 3.10. The molecule has 4 nitrogen and oxygen atoms in total. The predicted octanol–water partition coefficient (Wildman–Crippen LogP) is 1.38. The topological polar surface area (TPSA) is 56.1 Å². The number of hydrogen-bond acceptors (Lipinski definition) is 3. The van der Waals surface area contributed by atoms with Gasteiger partial charge in [0.2, 0.25) is 0 Å². The molecule has 18 heavy (non-hydrogen) atoms. The van der Waals surface area contributed by atoms with Crippen LogP contribution in [0.4, 0.5) is 0 Å². The molecule has 0 aromatic heterocycles. The number of carbonyl (C=O) groups excluding carboxylic acids is 1. The fraction of sp³-hybridized carbons (Fsp3) is 0.429. The molecule has 0 aliphatic carbocycles. The number of nitrogens with one attached hydrogen (secondary N) is 1. The summed E-state index contributed by atoms with van der Waals surface area (Å²) in [7, 11) is 0. The largest absolute Gasteiger partial charge is 0.336 e. The highest BCUT2D eigenvalue weighted by Gasteiger charge is 2.28. The summed E-state index contributed by atoms with van der Waals surface area (Å²) >= 11 is 0. The number of carbonyl (C=O) groups is 1. The molecule has 4 heteroatoms. The molecule has 0 spiro atoms. The Bertz CT molecular complexity index is 502. The highest BCUT2D eigenvalue weighted by atomic mass is 16.2. The summed E-state index contributed by atoms with van der Waals surface area (Å²) in [4.78, 5) is 14.2. The molecule has 0 atom stereocenters. The number of nitriles is 1. The van der Waals surface area contributed by atoms with Crippen LogP contribution >= 0.6 is 0 Å². The summed E-state index contributed by atoms with van der Waals surface area (Å²) in [6.07, 6.45) is 0. The minimum absolute atomic E-state index is 0.00155. The quantitative estimate of drug-likeness (QED) is 0.810. The molecule has 1 aliphatic heterocycles. The van der Waals surface area contributed by atoms with Crippen LogP contribution in [0.3, 0.4) is 0 Å². The lowest BCUT2D eigenvalue weighted by atomic mass is 10.0. The minimum Gasteiger partial charge on any atom is -0.336 e. The second-order valence-electron chi connectivity index (χ2n) is 5.23. The van der Waals surface area contributed by atoms with Crippen LogP contribution in [0.15, 0.2) is 24.3 Å². The van der Waals surface area contributed by atoms with Crippen molar-refractivity contribution in [3.63, 3.8) is 0 Å². The van der Waals surface area contributed by atoms with Crippen LogP contribution in [-0.2, 0) is 0 Å². The van der Waals surface area contributed by atoms with Gasteiger partial charge in [-0.2, -0.15) is 5.26 Å². The van der Waals surface area contributed by atoms with E-state index in [2.05, 4.69) is 25.2 Å². The van der Waals surface area contributed by atoms with Crippen LogP contribution in [-0.4, -0.2) is 36.0 Å². The first-order valence-corrected chi connectivity index (χ1v) is 6.06. The standard InChI is InChI=1S/C14H17N3O/c1-14(2)10-17(7-6-16-14)13(18)12-5-3-4-11(8-12)9-15/h3-5,8,16H,6-7,10H2,1-2H3. The van der Waals surface area contributed by atoms with Crippen molar-refractivity contribution in [2.75, 3.05) is 19.6 Å². The summed E-state index contributed by atoms with van der Waals surface area (Å²) in [5.74, 6) is 0.00155. The first-order chi connectivity index (χ1) is 8.52. The van der Waals surface area contributed by atoms with Crippen LogP contribution in [0.2, 0.25) is 0 Å². The molecule has 2 rings (SSSR count). The van der Waals surface area contributed by atoms with Crippen LogP contribution in [0.25, 0.3) is 0 Å². The van der Waals surface area contributed by atoms with Crippen molar-refractivity contribution >= 4 is 5.91 Å². The summed E-state index contributed by atoms with van der Waals surface area (Å²) < 4.78 is 0. The number of benzene rings is 1. The molecule has 1 fully saturated rings. The Balaban J connectivity index is 2.18. The van der Waals surface area contributed by atoms with Gasteiger partial charge in [0.05, 0.1) is 11.6 Å². The van der Waals surface area contributed by atoms with Gasteiger partial charge in [-0.25, -0.2) is 0 Å². The average molecular weight is 243 g/mol. The van der Waals surface area contributed by atoms with E-state index in [0.717, 1.165) is 6.54 Å². The molecule has 1 aromatic carbocycles. The molecule has 0 radical (unpaired) electrons. The van der Waals surface area contributed by atoms with E-state index in [4.69, 9.17) is 5.26 Å². The summed E-state index contributed by atoms with van der Waals surface area (Å²) in [5.41, 5.74) is 1.06. The van der Waals surface area contributed by atoms with E-state index in [1.165, 1.54) is 0 Å². The van der Waals surface area contributed by atoms with Crippen molar-refractivity contribution in [2.45, 2.75) is 19.4 Å². The second-order valence-corrected chi connectivity index (χ2v) is 5.23. The lowest BCUT2D eigenvalue weighted by molar-refractivity contribution is 0.0652. The number of nitrogens with zero attached hydrogens (tertiary/aromatic N) is 2. The van der Waals surface area contributed by atoms with Gasteiger partial charge in [-0.15, -0.1) is 0 Å². The SMILES string of the molecule is CC1(C)CN(C(=O)c2cccc(C#N)c2)CCN1. The number of piperazine rings is 1. The highest BCUT2D eigenvalue weighted by molar-refractivity contribution is 5.94. The average Bonchev–Trinajstić information content (AvgIpc) is 2.37. The molecular weight excluding hydrogens is 226 g/mol. The van der Waals surface area contributed by atoms with Crippen LogP contribution in [0.1, 0.15) is 29.8 Å². The molecule has 0 bridgehead atoms. The monoisotopic (exact) mass is 243 g/mol. The molecule has 0 unspecified atom stereocenters. The number of rotatable bonds is 1. The van der Waals surface area contributed by atoms with E-state index < -0.39 is 0 Å². The Morgan fingerprint density at radius 2 is 2.28 bits per heavy atom. The number of amides is 1. The molecule has 94 valence electrons. The minimum atomic E-state index is -0.0548. The molecule has 1 aromatic rings. The van der Waals surface area contributed by atoms with Crippen molar-refractivity contribution in [3.05, 3.63) is 35.4 Å². The van der Waals surface area contributed by atoms with Crippen molar-refractivity contribution in [2.24, 2.45) is 0 Å². The van der Waals surface area contributed by atoms with Crippen molar-refractivity contribution in [3.8, 4) is 6.07 Å². The van der Waals surface area contributed by atoms with Gasteiger partial charge in [-0.1, -0.05) is 6.07 Å². The van der Waals surface area contributed by atoms with Crippen LogP contribution in [0.5, 0.6) is 0 Å². The van der Waals surface area contributed by atoms with E-state index in [0.29, 0.717) is 24.2 Å². The Morgan fingerprint density at radius 3 is 2.94 bits per heavy atom. The molecule has 0 saturated carbocycles. The van der Waals surface area contributed by atoms with E-state index in [1.807, 2.05) is 4.90 Å². The Morgan fingerprint density at radius 1 is 1.50 bits per heavy atom. The summed E-state index contributed by atoms with van der Waals surface area (Å²) in [6.45, 7) is 6.36. The molecule has 1 N–H and O–H groups in total. The maximum atomic E-state index is 12.3. The fourth-order valence-corrected chi connectivity index (χ4v) is 2.22. The summed E-state index contributed by atoms with van der Waals surface area (Å²) in [5, 5.41) is 12.2. The predicted molar refractivity (Wildman–Crippen MR) is 69.1 cm³/mol. The van der Waals surface area contributed by atoms with Crippen LogP contribution in [0, 0.1) is 11.3 Å². The summed E-state index contributed by atoms with van der Waals surface area (Å²) in [6, 6.07) is 8.93. The molecule has 1 aliphatic rings. The smallest absolute Gasteiger partial charge is 0.254 e. The molecule has 1 heterocycles. The Hall–Kier alpha value is -1.86. The Labute approximate surface area is 107 Å². The first kappa shape index (κ1) is 12.6. The van der Waals surface area contributed by atoms with Gasteiger partial charge >= 0.3 is 0 Å².